The second-order valence-corrected chi connectivity index (χ2v) is 6.19. The van der Waals surface area contributed by atoms with E-state index >= 15 is 0 Å². The summed E-state index contributed by atoms with van der Waals surface area (Å²) in [5, 5.41) is 0. The predicted octanol–water partition coefficient (Wildman–Crippen LogP) is 4.40. The molecule has 2 nitrogen and oxygen atoms in total. The van der Waals surface area contributed by atoms with Gasteiger partial charge in [-0.05, 0) is 47.6 Å². The van der Waals surface area contributed by atoms with E-state index in [1.807, 2.05) is 12.1 Å². The minimum atomic E-state index is -0.0822. The Morgan fingerprint density at radius 2 is 1.33 bits per heavy atom. The van der Waals surface area contributed by atoms with Gasteiger partial charge in [-0.3, -0.25) is 0 Å². The van der Waals surface area contributed by atoms with E-state index < -0.39 is 0 Å². The van der Waals surface area contributed by atoms with Crippen molar-refractivity contribution in [2.45, 2.75) is 44.8 Å². The fraction of sp³-hybridized carbons (Fsp3) is 0.368. The summed E-state index contributed by atoms with van der Waals surface area (Å²) in [6, 6.07) is 16.7. The SMILES string of the molecule is CC(C)c1ccc(C(N)c2ccc(OC3CC3)cc2)cc1. The van der Waals surface area contributed by atoms with Crippen molar-refractivity contribution >= 4 is 0 Å². The quantitative estimate of drug-likeness (QED) is 0.881. The van der Waals surface area contributed by atoms with Crippen LogP contribution in [0.15, 0.2) is 48.5 Å². The topological polar surface area (TPSA) is 35.2 Å². The van der Waals surface area contributed by atoms with Crippen molar-refractivity contribution in [3.63, 3.8) is 0 Å². The molecule has 2 aromatic carbocycles. The van der Waals surface area contributed by atoms with Crippen LogP contribution >= 0.6 is 0 Å². The van der Waals surface area contributed by atoms with Gasteiger partial charge in [-0.15, -0.1) is 0 Å². The summed E-state index contributed by atoms with van der Waals surface area (Å²) in [4.78, 5) is 0. The molecule has 2 aromatic rings. The summed E-state index contributed by atoms with van der Waals surface area (Å²) < 4.78 is 5.77. The van der Waals surface area contributed by atoms with Crippen molar-refractivity contribution in [1.29, 1.82) is 0 Å². The Morgan fingerprint density at radius 1 is 0.857 bits per heavy atom. The molecule has 0 amide bonds. The van der Waals surface area contributed by atoms with Gasteiger partial charge in [-0.1, -0.05) is 50.2 Å². The highest BCUT2D eigenvalue weighted by molar-refractivity contribution is 5.36. The monoisotopic (exact) mass is 281 g/mol. The van der Waals surface area contributed by atoms with Gasteiger partial charge in [0.25, 0.3) is 0 Å². The number of hydrogen-bond donors (Lipinski definition) is 1. The van der Waals surface area contributed by atoms with Crippen molar-refractivity contribution in [1.82, 2.24) is 0 Å². The molecular weight excluding hydrogens is 258 g/mol. The van der Waals surface area contributed by atoms with Gasteiger partial charge in [0.1, 0.15) is 5.75 Å². The van der Waals surface area contributed by atoms with Crippen LogP contribution < -0.4 is 10.5 Å². The van der Waals surface area contributed by atoms with Gasteiger partial charge in [0.15, 0.2) is 0 Å². The molecule has 0 saturated heterocycles. The molecule has 21 heavy (non-hydrogen) atoms. The Labute approximate surface area is 126 Å². The zero-order chi connectivity index (χ0) is 14.8. The van der Waals surface area contributed by atoms with Crippen LogP contribution in [0.2, 0.25) is 0 Å². The lowest BCUT2D eigenvalue weighted by atomic mass is 9.96. The minimum Gasteiger partial charge on any atom is -0.490 e. The van der Waals surface area contributed by atoms with Crippen LogP contribution in [0, 0.1) is 0 Å². The minimum absolute atomic E-state index is 0.0822. The highest BCUT2D eigenvalue weighted by Gasteiger charge is 2.23. The molecule has 2 heteroatoms. The van der Waals surface area contributed by atoms with Crippen LogP contribution in [0.3, 0.4) is 0 Å². The maximum Gasteiger partial charge on any atom is 0.119 e. The maximum absolute atomic E-state index is 6.37. The van der Waals surface area contributed by atoms with E-state index in [9.17, 15) is 0 Å². The summed E-state index contributed by atoms with van der Waals surface area (Å²) >= 11 is 0. The van der Waals surface area contributed by atoms with Crippen molar-refractivity contribution in [2.75, 3.05) is 0 Å². The molecule has 3 rings (SSSR count). The Bertz CT molecular complexity index is 582. The summed E-state index contributed by atoms with van der Waals surface area (Å²) in [5.74, 6) is 1.50. The number of rotatable bonds is 5. The molecule has 2 N–H and O–H groups in total. The standard InChI is InChI=1S/C19H23NO/c1-13(2)14-3-5-15(6-4-14)19(20)16-7-9-17(10-8-16)21-18-11-12-18/h3-10,13,18-19H,11-12,20H2,1-2H3. The molecule has 0 bridgehead atoms. The van der Waals surface area contributed by atoms with Gasteiger partial charge in [-0.2, -0.15) is 0 Å². The van der Waals surface area contributed by atoms with Crippen molar-refractivity contribution in [3.05, 3.63) is 65.2 Å². The van der Waals surface area contributed by atoms with Crippen LogP contribution in [-0.2, 0) is 0 Å². The molecular formula is C19H23NO. The Hall–Kier alpha value is -1.80. The summed E-state index contributed by atoms with van der Waals surface area (Å²) in [6.07, 6.45) is 2.81. The Morgan fingerprint density at radius 3 is 1.81 bits per heavy atom. The van der Waals surface area contributed by atoms with Gasteiger partial charge in [0.2, 0.25) is 0 Å². The van der Waals surface area contributed by atoms with Gasteiger partial charge in [0.05, 0.1) is 12.1 Å². The molecule has 0 aliphatic heterocycles. The fourth-order valence-corrected chi connectivity index (χ4v) is 2.41. The average Bonchev–Trinajstić information content (AvgIpc) is 3.31. The summed E-state index contributed by atoms with van der Waals surface area (Å²) in [7, 11) is 0. The first-order chi connectivity index (χ1) is 10.1. The van der Waals surface area contributed by atoms with E-state index in [0.29, 0.717) is 12.0 Å². The first kappa shape index (κ1) is 14.2. The molecule has 0 aromatic heterocycles. The molecule has 0 heterocycles. The number of ether oxygens (including phenoxy) is 1. The molecule has 1 unspecified atom stereocenters. The lowest BCUT2D eigenvalue weighted by Gasteiger charge is -2.15. The smallest absolute Gasteiger partial charge is 0.119 e. The predicted molar refractivity (Wildman–Crippen MR) is 86.7 cm³/mol. The van der Waals surface area contributed by atoms with E-state index in [1.54, 1.807) is 0 Å². The molecule has 0 spiro atoms. The lowest BCUT2D eigenvalue weighted by molar-refractivity contribution is 0.303. The average molecular weight is 281 g/mol. The van der Waals surface area contributed by atoms with Gasteiger partial charge in [-0.25, -0.2) is 0 Å². The van der Waals surface area contributed by atoms with Crippen molar-refractivity contribution in [3.8, 4) is 5.75 Å². The number of hydrogen-bond acceptors (Lipinski definition) is 2. The van der Waals surface area contributed by atoms with Crippen LogP contribution in [0.4, 0.5) is 0 Å². The zero-order valence-electron chi connectivity index (χ0n) is 12.8. The van der Waals surface area contributed by atoms with E-state index in [-0.39, 0.29) is 6.04 Å². The maximum atomic E-state index is 6.37. The lowest BCUT2D eigenvalue weighted by Crippen LogP contribution is -2.11. The molecule has 110 valence electrons. The van der Waals surface area contributed by atoms with Gasteiger partial charge >= 0.3 is 0 Å². The van der Waals surface area contributed by atoms with E-state index in [1.165, 1.54) is 18.4 Å². The fourth-order valence-electron chi connectivity index (χ4n) is 2.41. The van der Waals surface area contributed by atoms with Crippen LogP contribution in [0.5, 0.6) is 5.75 Å². The molecule has 1 fully saturated rings. The van der Waals surface area contributed by atoms with Crippen LogP contribution in [0.25, 0.3) is 0 Å². The third kappa shape index (κ3) is 3.45. The van der Waals surface area contributed by atoms with Crippen molar-refractivity contribution < 1.29 is 4.74 Å². The third-order valence-corrected chi connectivity index (χ3v) is 4.03. The normalized spacial score (nSPS) is 16.0. The third-order valence-electron chi connectivity index (χ3n) is 4.03. The van der Waals surface area contributed by atoms with Crippen LogP contribution in [-0.4, -0.2) is 6.10 Å². The molecule has 1 atom stereocenters. The summed E-state index contributed by atoms with van der Waals surface area (Å²) in [5.41, 5.74) is 9.98. The Kier molecular flexibility index (Phi) is 3.98. The first-order valence-electron chi connectivity index (χ1n) is 7.75. The molecule has 1 aliphatic carbocycles. The highest BCUT2D eigenvalue weighted by Crippen LogP contribution is 2.28. The molecule has 1 aliphatic rings. The van der Waals surface area contributed by atoms with Gasteiger partial charge < -0.3 is 10.5 Å². The van der Waals surface area contributed by atoms with E-state index in [0.717, 1.165) is 16.9 Å². The number of benzene rings is 2. The zero-order valence-corrected chi connectivity index (χ0v) is 12.8. The number of nitrogens with two attached hydrogens (primary N) is 1. The van der Waals surface area contributed by atoms with Crippen LogP contribution in [0.1, 0.15) is 55.3 Å². The highest BCUT2D eigenvalue weighted by atomic mass is 16.5. The van der Waals surface area contributed by atoms with Gasteiger partial charge in [0, 0.05) is 0 Å². The second-order valence-electron chi connectivity index (χ2n) is 6.19. The largest absolute Gasteiger partial charge is 0.490 e. The van der Waals surface area contributed by atoms with E-state index in [4.69, 9.17) is 10.5 Å². The Balaban J connectivity index is 1.72. The molecule has 0 radical (unpaired) electrons. The van der Waals surface area contributed by atoms with Crippen molar-refractivity contribution in [2.24, 2.45) is 5.73 Å². The molecule has 1 saturated carbocycles. The second kappa shape index (κ2) is 5.90. The first-order valence-corrected chi connectivity index (χ1v) is 7.75. The summed E-state index contributed by atoms with van der Waals surface area (Å²) in [6.45, 7) is 4.40. The van der Waals surface area contributed by atoms with E-state index in [2.05, 4.69) is 50.2 Å².